The van der Waals surface area contributed by atoms with Gasteiger partial charge in [0.15, 0.2) is 0 Å². The van der Waals surface area contributed by atoms with Gasteiger partial charge in [0, 0.05) is 16.4 Å². The summed E-state index contributed by atoms with van der Waals surface area (Å²) in [4.78, 5) is 1.16. The van der Waals surface area contributed by atoms with E-state index in [4.69, 9.17) is 5.84 Å². The van der Waals surface area contributed by atoms with Crippen molar-refractivity contribution in [2.45, 2.75) is 19.4 Å². The van der Waals surface area contributed by atoms with Crippen LogP contribution in [0.25, 0.3) is 0 Å². The number of nitrogens with two attached hydrogens (primary N) is 1. The van der Waals surface area contributed by atoms with Crippen LogP contribution >= 0.6 is 27.3 Å². The molecule has 1 atom stereocenters. The standard InChI is InChI=1S/C11H15BrN4S/c1-3-7-6-9(16(2)15-7)10(14-13)11-8(12)4-5-17-11/h4-6,10,14H,3,13H2,1-2H3. The first-order valence-electron chi connectivity index (χ1n) is 5.39. The number of rotatable bonds is 4. The minimum absolute atomic E-state index is 0.0258. The first-order valence-corrected chi connectivity index (χ1v) is 7.06. The molecule has 0 fully saturated rings. The molecule has 0 aliphatic heterocycles. The number of aromatic nitrogens is 2. The molecule has 3 N–H and O–H groups in total. The van der Waals surface area contributed by atoms with Crippen molar-refractivity contribution in [2.75, 3.05) is 0 Å². The maximum absolute atomic E-state index is 5.68. The third-order valence-corrected chi connectivity index (χ3v) is 4.63. The van der Waals surface area contributed by atoms with Crippen LogP contribution in [0.3, 0.4) is 0 Å². The molecule has 0 spiro atoms. The van der Waals surface area contributed by atoms with Crippen LogP contribution in [0, 0.1) is 0 Å². The van der Waals surface area contributed by atoms with E-state index in [1.54, 1.807) is 11.3 Å². The van der Waals surface area contributed by atoms with E-state index in [0.717, 1.165) is 27.2 Å². The molecule has 0 aliphatic rings. The van der Waals surface area contributed by atoms with Gasteiger partial charge in [-0.25, -0.2) is 5.43 Å². The Bertz CT molecular complexity index is 505. The first-order chi connectivity index (χ1) is 8.17. The molecule has 2 aromatic rings. The lowest BCUT2D eigenvalue weighted by atomic mass is 10.1. The van der Waals surface area contributed by atoms with Gasteiger partial charge in [0.1, 0.15) is 0 Å². The quantitative estimate of drug-likeness (QED) is 0.673. The minimum atomic E-state index is -0.0258. The van der Waals surface area contributed by atoms with Gasteiger partial charge in [-0.2, -0.15) is 5.10 Å². The van der Waals surface area contributed by atoms with Gasteiger partial charge in [-0.05, 0) is 39.9 Å². The number of hydrogen-bond acceptors (Lipinski definition) is 4. The SMILES string of the molecule is CCc1cc(C(NN)c2sccc2Br)n(C)n1. The zero-order valence-electron chi connectivity index (χ0n) is 9.77. The van der Waals surface area contributed by atoms with E-state index in [2.05, 4.69) is 39.4 Å². The summed E-state index contributed by atoms with van der Waals surface area (Å²) < 4.78 is 2.96. The van der Waals surface area contributed by atoms with Crippen molar-refractivity contribution in [3.8, 4) is 0 Å². The average Bonchev–Trinajstić information content (AvgIpc) is 2.88. The van der Waals surface area contributed by atoms with Gasteiger partial charge < -0.3 is 0 Å². The van der Waals surface area contributed by atoms with E-state index < -0.39 is 0 Å². The Morgan fingerprint density at radius 3 is 2.88 bits per heavy atom. The fourth-order valence-corrected chi connectivity index (χ4v) is 3.47. The third kappa shape index (κ3) is 2.44. The van der Waals surface area contributed by atoms with Crippen LogP contribution in [0.5, 0.6) is 0 Å². The molecule has 0 saturated carbocycles. The van der Waals surface area contributed by atoms with E-state index in [1.807, 2.05) is 23.2 Å². The lowest BCUT2D eigenvalue weighted by Gasteiger charge is -2.15. The highest BCUT2D eigenvalue weighted by atomic mass is 79.9. The van der Waals surface area contributed by atoms with E-state index in [0.29, 0.717) is 0 Å². The molecule has 2 rings (SSSR count). The van der Waals surface area contributed by atoms with Gasteiger partial charge in [0.05, 0.1) is 17.4 Å². The molecule has 0 amide bonds. The Balaban J connectivity index is 2.42. The number of thiophene rings is 1. The molecular formula is C11H15BrN4S. The fourth-order valence-electron chi connectivity index (χ4n) is 1.79. The molecule has 0 saturated heterocycles. The van der Waals surface area contributed by atoms with Gasteiger partial charge in [-0.15, -0.1) is 11.3 Å². The molecule has 0 radical (unpaired) electrons. The Hall–Kier alpha value is -0.690. The Kier molecular flexibility index (Phi) is 3.98. The molecule has 17 heavy (non-hydrogen) atoms. The lowest BCUT2D eigenvalue weighted by Crippen LogP contribution is -2.30. The number of aryl methyl sites for hydroxylation is 2. The van der Waals surface area contributed by atoms with Crippen molar-refractivity contribution in [3.63, 3.8) is 0 Å². The molecule has 0 aliphatic carbocycles. The Morgan fingerprint density at radius 1 is 1.65 bits per heavy atom. The maximum atomic E-state index is 5.68. The highest BCUT2D eigenvalue weighted by molar-refractivity contribution is 9.10. The molecule has 92 valence electrons. The van der Waals surface area contributed by atoms with Crippen molar-refractivity contribution in [1.82, 2.24) is 15.2 Å². The summed E-state index contributed by atoms with van der Waals surface area (Å²) in [5.41, 5.74) is 5.01. The molecule has 1 unspecified atom stereocenters. The molecule has 2 aromatic heterocycles. The van der Waals surface area contributed by atoms with Crippen molar-refractivity contribution in [1.29, 1.82) is 0 Å². The van der Waals surface area contributed by atoms with Gasteiger partial charge in [0.25, 0.3) is 0 Å². The van der Waals surface area contributed by atoms with Crippen LogP contribution in [-0.4, -0.2) is 9.78 Å². The molecule has 4 nitrogen and oxygen atoms in total. The van der Waals surface area contributed by atoms with Crippen LogP contribution in [0.1, 0.15) is 29.2 Å². The van der Waals surface area contributed by atoms with E-state index >= 15 is 0 Å². The monoisotopic (exact) mass is 314 g/mol. The predicted octanol–water partition coefficient (Wildman–Crippen LogP) is 2.36. The highest BCUT2D eigenvalue weighted by Crippen LogP contribution is 2.32. The second-order valence-electron chi connectivity index (χ2n) is 3.77. The summed E-state index contributed by atoms with van der Waals surface area (Å²) >= 11 is 5.21. The second kappa shape index (κ2) is 5.30. The molecular weight excluding hydrogens is 300 g/mol. The smallest absolute Gasteiger partial charge is 0.0981 e. The van der Waals surface area contributed by atoms with Crippen LogP contribution in [0.4, 0.5) is 0 Å². The molecule has 6 heteroatoms. The summed E-state index contributed by atoms with van der Waals surface area (Å²) in [6.45, 7) is 2.10. The van der Waals surface area contributed by atoms with E-state index in [1.165, 1.54) is 0 Å². The highest BCUT2D eigenvalue weighted by Gasteiger charge is 2.20. The van der Waals surface area contributed by atoms with Gasteiger partial charge in [-0.1, -0.05) is 6.92 Å². The fraction of sp³-hybridized carbons (Fsp3) is 0.364. The topological polar surface area (TPSA) is 55.9 Å². The summed E-state index contributed by atoms with van der Waals surface area (Å²) in [5.74, 6) is 5.68. The zero-order valence-corrected chi connectivity index (χ0v) is 12.2. The van der Waals surface area contributed by atoms with Crippen molar-refractivity contribution in [3.05, 3.63) is 38.3 Å². The van der Waals surface area contributed by atoms with E-state index in [9.17, 15) is 0 Å². The number of halogens is 1. The largest absolute Gasteiger partial charge is 0.270 e. The number of hydrazine groups is 1. The average molecular weight is 315 g/mol. The van der Waals surface area contributed by atoms with Crippen LogP contribution in [0.2, 0.25) is 0 Å². The summed E-state index contributed by atoms with van der Waals surface area (Å²) in [5, 5.41) is 6.49. The lowest BCUT2D eigenvalue weighted by molar-refractivity contribution is 0.579. The predicted molar refractivity (Wildman–Crippen MR) is 73.8 cm³/mol. The van der Waals surface area contributed by atoms with Crippen LogP contribution in [-0.2, 0) is 13.5 Å². The molecule has 0 bridgehead atoms. The van der Waals surface area contributed by atoms with Crippen LogP contribution in [0.15, 0.2) is 22.0 Å². The number of nitrogens with zero attached hydrogens (tertiary/aromatic N) is 2. The first kappa shape index (κ1) is 12.8. The van der Waals surface area contributed by atoms with Gasteiger partial charge in [0.2, 0.25) is 0 Å². The van der Waals surface area contributed by atoms with Gasteiger partial charge >= 0.3 is 0 Å². The van der Waals surface area contributed by atoms with Crippen molar-refractivity contribution in [2.24, 2.45) is 12.9 Å². The van der Waals surface area contributed by atoms with Crippen molar-refractivity contribution >= 4 is 27.3 Å². The van der Waals surface area contributed by atoms with Crippen LogP contribution < -0.4 is 11.3 Å². The number of hydrogen-bond donors (Lipinski definition) is 2. The summed E-state index contributed by atoms with van der Waals surface area (Å²) in [7, 11) is 1.94. The Morgan fingerprint density at radius 2 is 2.41 bits per heavy atom. The summed E-state index contributed by atoms with van der Waals surface area (Å²) in [6, 6.07) is 4.10. The Labute approximate surface area is 113 Å². The maximum Gasteiger partial charge on any atom is 0.0981 e. The second-order valence-corrected chi connectivity index (χ2v) is 5.57. The van der Waals surface area contributed by atoms with Gasteiger partial charge in [-0.3, -0.25) is 10.5 Å². The third-order valence-electron chi connectivity index (χ3n) is 2.70. The van der Waals surface area contributed by atoms with E-state index in [-0.39, 0.29) is 6.04 Å². The zero-order chi connectivity index (χ0) is 12.4. The molecule has 0 aromatic carbocycles. The minimum Gasteiger partial charge on any atom is -0.270 e. The number of nitrogens with one attached hydrogen (secondary N) is 1. The normalized spacial score (nSPS) is 12.9. The summed E-state index contributed by atoms with van der Waals surface area (Å²) in [6.07, 6.45) is 0.927. The molecule has 2 heterocycles. The van der Waals surface area contributed by atoms with Crippen molar-refractivity contribution < 1.29 is 0 Å².